The second-order valence-corrected chi connectivity index (χ2v) is 28.2. The first-order valence-corrected chi connectivity index (χ1v) is 39.1. The quantitative estimate of drug-likeness (QED) is 0.0364. The third-order valence-electron chi connectivity index (χ3n) is 19.5. The van der Waals surface area contributed by atoms with Gasteiger partial charge in [-0.05, 0) is 151 Å². The first-order valence-electron chi connectivity index (χ1n) is 39.1. The van der Waals surface area contributed by atoms with Crippen molar-refractivity contribution in [1.82, 2.24) is 99.2 Å². The number of carbonyl (C=O) groups is 5. The molecular weight excluding hydrogens is 1500 g/mol. The first-order chi connectivity index (χ1) is 56.8. The summed E-state index contributed by atoms with van der Waals surface area (Å²) in [4.78, 5) is 132. The highest BCUT2D eigenvalue weighted by atomic mass is 19.1. The van der Waals surface area contributed by atoms with Crippen molar-refractivity contribution in [2.75, 3.05) is 121 Å². The molecule has 117 heavy (non-hydrogen) atoms. The number of pyridine rings is 4. The Morgan fingerprint density at radius 3 is 1.12 bits per heavy atom. The second kappa shape index (κ2) is 38.9. The van der Waals surface area contributed by atoms with Gasteiger partial charge in [-0.1, -0.05) is 18.2 Å². The van der Waals surface area contributed by atoms with Crippen molar-refractivity contribution in [1.29, 1.82) is 0 Å². The molecule has 15 rings (SSSR count). The van der Waals surface area contributed by atoms with Crippen LogP contribution in [-0.4, -0.2) is 247 Å². The normalized spacial score (nSPS) is 14.2. The summed E-state index contributed by atoms with van der Waals surface area (Å²) in [5, 5.41) is 7.81. The van der Waals surface area contributed by atoms with E-state index in [9.17, 15) is 28.4 Å². The molecule has 608 valence electrons. The van der Waals surface area contributed by atoms with E-state index in [-0.39, 0.29) is 61.7 Å². The molecule has 3 aliphatic rings. The van der Waals surface area contributed by atoms with E-state index in [1.807, 2.05) is 112 Å². The van der Waals surface area contributed by atoms with E-state index < -0.39 is 24.1 Å². The molecule has 5 amide bonds. The van der Waals surface area contributed by atoms with Crippen molar-refractivity contribution in [3.63, 3.8) is 0 Å². The first kappa shape index (κ1) is 81.9. The predicted octanol–water partition coefficient (Wildman–Crippen LogP) is 13.2. The number of fused-ring (bicyclic) bond motifs is 3. The van der Waals surface area contributed by atoms with Crippen LogP contribution in [0.2, 0.25) is 0 Å². The molecule has 0 atom stereocenters. The summed E-state index contributed by atoms with van der Waals surface area (Å²) < 4.78 is 40.1. The van der Waals surface area contributed by atoms with Crippen LogP contribution in [0.5, 0.6) is 0 Å². The smallest absolute Gasteiger partial charge is 0.413 e. The van der Waals surface area contributed by atoms with Crippen LogP contribution >= 0.6 is 0 Å². The molecule has 9 aromatic heterocycles. The van der Waals surface area contributed by atoms with Gasteiger partial charge in [0.15, 0.2) is 11.6 Å². The highest BCUT2D eigenvalue weighted by Gasteiger charge is 2.27. The number of carbonyl (C=O) groups excluding carboxylic acids is 5. The molecule has 0 unspecified atom stereocenters. The van der Waals surface area contributed by atoms with Crippen molar-refractivity contribution in [2.45, 2.75) is 87.2 Å². The van der Waals surface area contributed by atoms with Crippen molar-refractivity contribution in [3.05, 3.63) is 170 Å². The fraction of sp³-hybridized carbons (Fsp3) is 0.349. The fourth-order valence-corrected chi connectivity index (χ4v) is 13.7. The zero-order valence-corrected chi connectivity index (χ0v) is 66.5. The Kier molecular flexibility index (Phi) is 27.2. The third-order valence-corrected chi connectivity index (χ3v) is 19.5. The second-order valence-electron chi connectivity index (χ2n) is 28.2. The lowest BCUT2D eigenvalue weighted by Crippen LogP contribution is -2.48. The zero-order chi connectivity index (χ0) is 81.9. The Bertz CT molecular complexity index is 5360. The average Bonchev–Trinajstić information content (AvgIpc) is 1.68. The van der Waals surface area contributed by atoms with Crippen molar-refractivity contribution in [2.24, 2.45) is 0 Å². The summed E-state index contributed by atoms with van der Waals surface area (Å²) in [5.41, 5.74) is 14.2. The molecule has 3 fully saturated rings. The van der Waals surface area contributed by atoms with Gasteiger partial charge in [0.2, 0.25) is 17.8 Å². The summed E-state index contributed by atoms with van der Waals surface area (Å²) in [6.07, 6.45) is 11.3. The minimum Gasteiger partial charge on any atom is -0.450 e. The third kappa shape index (κ3) is 21.3. The van der Waals surface area contributed by atoms with Gasteiger partial charge in [0.25, 0.3) is 0 Å². The molecule has 3 aliphatic heterocycles. The molecule has 0 bridgehead atoms. The number of hydrogen-bond donors (Lipinski definition) is 6. The van der Waals surface area contributed by atoms with E-state index in [0.29, 0.717) is 102 Å². The van der Waals surface area contributed by atoms with E-state index >= 15 is 0 Å². The van der Waals surface area contributed by atoms with Crippen LogP contribution in [0.1, 0.15) is 72.5 Å². The van der Waals surface area contributed by atoms with Gasteiger partial charge in [-0.15, -0.1) is 0 Å². The molecule has 0 spiro atoms. The summed E-state index contributed by atoms with van der Waals surface area (Å²) >= 11 is 0. The Morgan fingerprint density at radius 1 is 0.410 bits per heavy atom. The highest BCUT2D eigenvalue weighted by molar-refractivity contribution is 6.00. The number of amides is 5. The Labute approximate surface area is 674 Å². The summed E-state index contributed by atoms with van der Waals surface area (Å²) in [6, 6.07) is 30.7. The van der Waals surface area contributed by atoms with Crippen LogP contribution in [0.3, 0.4) is 0 Å². The monoisotopic (exact) mass is 1590 g/mol. The fourth-order valence-electron chi connectivity index (χ4n) is 13.7. The van der Waals surface area contributed by atoms with Gasteiger partial charge in [-0.25, -0.2) is 63.3 Å². The van der Waals surface area contributed by atoms with Gasteiger partial charge < -0.3 is 48.4 Å². The van der Waals surface area contributed by atoms with E-state index in [4.69, 9.17) is 38.6 Å². The molecule has 33 nitrogen and oxygen atoms in total. The molecule has 0 aliphatic carbocycles. The lowest BCUT2D eigenvalue weighted by Gasteiger charge is -2.36. The topological polar surface area (TPSA) is 376 Å². The lowest BCUT2D eigenvalue weighted by atomic mass is 10.0. The average molecular weight is 1590 g/mol. The molecule has 0 radical (unpaired) electrons. The Morgan fingerprint density at radius 2 is 0.769 bits per heavy atom. The van der Waals surface area contributed by atoms with E-state index in [1.165, 1.54) is 6.07 Å². The van der Waals surface area contributed by atoms with E-state index in [0.717, 1.165) is 120 Å². The largest absolute Gasteiger partial charge is 0.450 e. The molecule has 12 aromatic rings. The van der Waals surface area contributed by atoms with Crippen LogP contribution in [-0.2, 0) is 43.3 Å². The number of nitrogens with one attached hydrogen (secondary N) is 6. The van der Waals surface area contributed by atoms with Gasteiger partial charge in [-0.3, -0.25) is 55.5 Å². The number of aromatic nitrogens is 14. The predicted molar refractivity (Wildman–Crippen MR) is 439 cm³/mol. The van der Waals surface area contributed by atoms with Gasteiger partial charge in [0, 0.05) is 187 Å². The number of anilines is 3. The molecule has 3 saturated heterocycles. The summed E-state index contributed by atoms with van der Waals surface area (Å²) in [5.74, 6) is 1.33. The summed E-state index contributed by atoms with van der Waals surface area (Å²) in [7, 11) is 0. The maximum atomic E-state index is 14.8. The lowest BCUT2D eigenvalue weighted by molar-refractivity contribution is 0.0557. The van der Waals surface area contributed by atoms with E-state index in [2.05, 4.69) is 104 Å². The number of aromatic amines is 3. The molecule has 12 heterocycles. The number of nitrogens with zero attached hydrogens (tertiary/aromatic N) is 17. The van der Waals surface area contributed by atoms with Crippen LogP contribution in [0.4, 0.5) is 46.2 Å². The number of H-pyrrole nitrogens is 3. The maximum Gasteiger partial charge on any atom is 0.413 e. The SMILES string of the molecule is CCOC(=O)Nc1nc2c(-c3ncccc3F)cc(-c3ccc(CN4CCN(C(C)C)CC4)nc3)cc2[nH]1.CCOC(=O)Nc1nc2c(-c3ncccn3)cc(-c3ccc(CN4CCN(C(=O)OC(C)C)CC4)nc3)cc2[nH]1.CCOC(=O)Nc1nc2c(-c3ncccn3)cc(-c3ccc(CN4CCN(C(=O)OCC)CC4)nc3)cc2[nH]1. The number of ether oxygens (including phenoxy) is 5. The van der Waals surface area contributed by atoms with E-state index in [1.54, 1.807) is 79.8 Å². The minimum absolute atomic E-state index is 0.123. The Hall–Kier alpha value is -13.1. The van der Waals surface area contributed by atoms with Gasteiger partial charge in [-0.2, -0.15) is 0 Å². The van der Waals surface area contributed by atoms with Crippen LogP contribution < -0.4 is 16.0 Å². The maximum absolute atomic E-state index is 14.8. The molecular formula is C83H94FN23O10. The number of piperazine rings is 3. The number of halogens is 1. The standard InChI is InChI=1S/C28H32FN7O2.C28H32N8O4.C27H30N8O4/c1-4-38-28(37)34-27-32-24-15-20(14-22(26(24)33-27)25-23(29)6-5-9-30-25)19-7-8-21(31-16-19)17-35-10-12-36(13-11-35)18(2)3;1-4-39-27(37)34-26-32-23-15-20(14-22(24(23)33-26)25-29-8-5-9-30-25)19-6-7-21(31-16-19)17-35-10-12-36(13-11-35)28(38)40-18(2)3;1-3-38-26(36)33-25-31-22-15-19(14-21(23(22)32-25)24-28-8-5-9-29-24)18-6-7-20(30-16-18)17-34-10-12-35(13-11-34)27(37)39-4-2/h5-9,14-16,18H,4,10-13,17H2,1-3H3,(H2,32,33,34,37);5-9,14-16,18H,4,10-13,17H2,1-3H3,(H2,32,33,34,37);5-9,14-16H,3-4,10-13,17H2,1-2H3,(H2,31,32,33,36). The van der Waals surface area contributed by atoms with Crippen LogP contribution in [0, 0.1) is 5.82 Å². The number of imidazole rings is 3. The Balaban J connectivity index is 0.000000152. The molecule has 6 N–H and O–H groups in total. The van der Waals surface area contributed by atoms with Crippen molar-refractivity contribution >= 4 is 81.4 Å². The molecule has 0 saturated carbocycles. The van der Waals surface area contributed by atoms with Gasteiger partial charge in [0.05, 0.1) is 66.2 Å². The van der Waals surface area contributed by atoms with Gasteiger partial charge >= 0.3 is 30.5 Å². The highest BCUT2D eigenvalue weighted by Crippen LogP contribution is 2.37. The van der Waals surface area contributed by atoms with Gasteiger partial charge in [0.1, 0.15) is 28.1 Å². The minimum atomic E-state index is -0.622. The number of benzene rings is 3. The molecule has 34 heteroatoms. The molecule has 3 aromatic carbocycles. The van der Waals surface area contributed by atoms with Crippen LogP contribution in [0.25, 0.3) is 101 Å². The number of hydrogen-bond acceptors (Lipinski definition) is 25. The summed E-state index contributed by atoms with van der Waals surface area (Å²) in [6.45, 7) is 28.3. The number of rotatable bonds is 21. The zero-order valence-electron chi connectivity index (χ0n) is 66.5. The van der Waals surface area contributed by atoms with Crippen molar-refractivity contribution in [3.8, 4) is 67.4 Å². The van der Waals surface area contributed by atoms with Crippen LogP contribution in [0.15, 0.2) is 147 Å². The van der Waals surface area contributed by atoms with Crippen molar-refractivity contribution < 1.29 is 52.0 Å².